The third kappa shape index (κ3) is 5.50. The molecular weight excluding hydrogens is 434 g/mol. The van der Waals surface area contributed by atoms with E-state index in [0.717, 1.165) is 0 Å². The van der Waals surface area contributed by atoms with E-state index in [4.69, 9.17) is 14.2 Å². The fraction of sp³-hybridized carbons (Fsp3) is 0.409. The molecule has 0 spiro atoms. The molecule has 1 N–H and O–H groups in total. The zero-order chi connectivity index (χ0) is 23.1. The van der Waals surface area contributed by atoms with Crippen LogP contribution in [-0.4, -0.2) is 77.6 Å². The lowest BCUT2D eigenvalue weighted by molar-refractivity contribution is -0.117. The number of nitrogens with one attached hydrogen (secondary N) is 1. The second kappa shape index (κ2) is 10.7. The Morgan fingerprint density at radius 3 is 2.41 bits per heavy atom. The van der Waals surface area contributed by atoms with Gasteiger partial charge in [-0.05, 0) is 37.2 Å². The summed E-state index contributed by atoms with van der Waals surface area (Å²) in [7, 11) is 0.845. The highest BCUT2D eigenvalue weighted by atomic mass is 32.2. The first-order chi connectivity index (χ1) is 15.4. The maximum Gasteiger partial charge on any atom is 0.246 e. The van der Waals surface area contributed by atoms with Crippen molar-refractivity contribution in [2.24, 2.45) is 0 Å². The number of methoxy groups -OCH3 is 3. The molecule has 1 amide bonds. The first-order valence-electron chi connectivity index (χ1n) is 10.3. The predicted molar refractivity (Wildman–Crippen MR) is 121 cm³/mol. The lowest BCUT2D eigenvalue weighted by Gasteiger charge is -2.22. The average Bonchev–Trinajstić information content (AvgIpc) is 3.05. The van der Waals surface area contributed by atoms with Gasteiger partial charge in [-0.15, -0.1) is 0 Å². The normalized spacial score (nSPS) is 15.6. The Bertz CT molecular complexity index is 1040. The van der Waals surface area contributed by atoms with E-state index in [-0.39, 0.29) is 17.3 Å². The Morgan fingerprint density at radius 2 is 1.69 bits per heavy atom. The van der Waals surface area contributed by atoms with Gasteiger partial charge in [0.1, 0.15) is 22.1 Å². The van der Waals surface area contributed by atoms with Crippen LogP contribution < -0.4 is 19.5 Å². The molecule has 0 bridgehead atoms. The third-order valence-electron chi connectivity index (χ3n) is 5.28. The van der Waals surface area contributed by atoms with Gasteiger partial charge in [0.05, 0.1) is 33.6 Å². The van der Waals surface area contributed by atoms with Crippen molar-refractivity contribution in [3.63, 3.8) is 0 Å². The lowest BCUT2D eigenvalue weighted by atomic mass is 10.2. The van der Waals surface area contributed by atoms with Crippen LogP contribution in [0.15, 0.2) is 47.4 Å². The van der Waals surface area contributed by atoms with Crippen molar-refractivity contribution < 1.29 is 27.4 Å². The van der Waals surface area contributed by atoms with Crippen molar-refractivity contribution in [1.29, 1.82) is 0 Å². The number of nitrogens with zero attached hydrogens (tertiary/aromatic N) is 2. The maximum atomic E-state index is 13.1. The first kappa shape index (κ1) is 23.8. The predicted octanol–water partition coefficient (Wildman–Crippen LogP) is 2.05. The molecular formula is C22H29N3O6S. The minimum Gasteiger partial charge on any atom is -0.497 e. The Balaban J connectivity index is 1.63. The second-order valence-electron chi connectivity index (χ2n) is 7.30. The Kier molecular flexibility index (Phi) is 7.94. The van der Waals surface area contributed by atoms with Gasteiger partial charge in [0.2, 0.25) is 15.9 Å². The molecule has 1 heterocycles. The van der Waals surface area contributed by atoms with Crippen molar-refractivity contribution in [2.45, 2.75) is 11.3 Å². The molecule has 0 aromatic heterocycles. The van der Waals surface area contributed by atoms with Gasteiger partial charge in [0, 0.05) is 25.7 Å². The fourth-order valence-corrected chi connectivity index (χ4v) is 5.24. The molecule has 0 radical (unpaired) electrons. The smallest absolute Gasteiger partial charge is 0.246 e. The molecule has 9 nitrogen and oxygen atoms in total. The van der Waals surface area contributed by atoms with Crippen LogP contribution in [0.2, 0.25) is 0 Å². The maximum absolute atomic E-state index is 13.1. The topological polar surface area (TPSA) is 97.4 Å². The number of ether oxygens (including phenoxy) is 3. The van der Waals surface area contributed by atoms with Crippen molar-refractivity contribution in [3.8, 4) is 17.2 Å². The van der Waals surface area contributed by atoms with E-state index >= 15 is 0 Å². The van der Waals surface area contributed by atoms with Crippen LogP contribution in [0.1, 0.15) is 6.42 Å². The second-order valence-corrected chi connectivity index (χ2v) is 9.21. The summed E-state index contributed by atoms with van der Waals surface area (Å²) < 4.78 is 43.4. The number of para-hydroxylation sites is 1. The zero-order valence-electron chi connectivity index (χ0n) is 18.5. The van der Waals surface area contributed by atoms with Gasteiger partial charge in [0.25, 0.3) is 0 Å². The monoisotopic (exact) mass is 463 g/mol. The Labute approximate surface area is 188 Å². The summed E-state index contributed by atoms with van der Waals surface area (Å²) in [5.74, 6) is 1.25. The minimum absolute atomic E-state index is 0.151. The summed E-state index contributed by atoms with van der Waals surface area (Å²) >= 11 is 0. The van der Waals surface area contributed by atoms with Crippen LogP contribution in [0.25, 0.3) is 0 Å². The van der Waals surface area contributed by atoms with Crippen molar-refractivity contribution in [1.82, 2.24) is 9.21 Å². The number of hydrogen-bond acceptors (Lipinski definition) is 7. The van der Waals surface area contributed by atoms with Crippen molar-refractivity contribution in [3.05, 3.63) is 42.5 Å². The summed E-state index contributed by atoms with van der Waals surface area (Å²) in [6.45, 7) is 1.88. The van der Waals surface area contributed by atoms with E-state index in [2.05, 4.69) is 5.32 Å². The van der Waals surface area contributed by atoms with Crippen LogP contribution in [0.5, 0.6) is 17.2 Å². The van der Waals surface area contributed by atoms with Crippen LogP contribution in [0.4, 0.5) is 5.69 Å². The molecule has 1 saturated heterocycles. The van der Waals surface area contributed by atoms with Crippen molar-refractivity contribution in [2.75, 3.05) is 59.4 Å². The molecule has 2 aromatic rings. The third-order valence-corrected chi connectivity index (χ3v) is 7.22. The Hall–Kier alpha value is -2.82. The number of anilines is 1. The van der Waals surface area contributed by atoms with Gasteiger partial charge >= 0.3 is 0 Å². The molecule has 174 valence electrons. The quantitative estimate of drug-likeness (QED) is 0.640. The molecule has 10 heteroatoms. The molecule has 0 aliphatic carbocycles. The number of carbonyl (C=O) groups is 1. The number of rotatable bonds is 8. The van der Waals surface area contributed by atoms with E-state index in [9.17, 15) is 13.2 Å². The summed E-state index contributed by atoms with van der Waals surface area (Å²) in [5.41, 5.74) is 0.550. The molecule has 0 saturated carbocycles. The molecule has 1 fully saturated rings. The highest BCUT2D eigenvalue weighted by Crippen LogP contribution is 2.29. The number of carbonyl (C=O) groups excluding carboxylic acids is 1. The van der Waals surface area contributed by atoms with Gasteiger partial charge in [0.15, 0.2) is 0 Å². The average molecular weight is 464 g/mol. The standard InChI is InChI=1S/C22H29N3O6S/c1-29-17-9-10-18(20(15-17)31-3)23-22(26)16-24-11-6-12-25(14-13-24)32(27,28)21-8-5-4-7-19(21)30-2/h4-5,7-10,15H,6,11-14,16H2,1-3H3,(H,23,26). The largest absolute Gasteiger partial charge is 0.497 e. The van der Waals surface area contributed by atoms with Crippen LogP contribution in [0.3, 0.4) is 0 Å². The van der Waals surface area contributed by atoms with E-state index < -0.39 is 10.0 Å². The highest BCUT2D eigenvalue weighted by molar-refractivity contribution is 7.89. The van der Waals surface area contributed by atoms with Gasteiger partial charge in [-0.2, -0.15) is 4.31 Å². The molecule has 32 heavy (non-hydrogen) atoms. The van der Waals surface area contributed by atoms with Gasteiger partial charge in [-0.3, -0.25) is 9.69 Å². The molecule has 3 rings (SSSR count). The molecule has 2 aromatic carbocycles. The van der Waals surface area contributed by atoms with E-state index in [1.54, 1.807) is 49.6 Å². The number of amides is 1. The summed E-state index contributed by atoms with van der Waals surface area (Å²) in [5, 5.41) is 2.85. The van der Waals surface area contributed by atoms with E-state index in [1.165, 1.54) is 18.5 Å². The van der Waals surface area contributed by atoms with Crippen LogP contribution >= 0.6 is 0 Å². The fourth-order valence-electron chi connectivity index (χ4n) is 3.61. The van der Waals surface area contributed by atoms with Crippen LogP contribution in [-0.2, 0) is 14.8 Å². The van der Waals surface area contributed by atoms with Crippen molar-refractivity contribution >= 4 is 21.6 Å². The van der Waals surface area contributed by atoms with Gasteiger partial charge in [-0.25, -0.2) is 8.42 Å². The molecule has 1 aliphatic heterocycles. The summed E-state index contributed by atoms with van der Waals surface area (Å²) in [6.07, 6.45) is 0.619. The van der Waals surface area contributed by atoms with E-state index in [1.807, 2.05) is 4.90 Å². The molecule has 0 atom stereocenters. The van der Waals surface area contributed by atoms with Gasteiger partial charge < -0.3 is 19.5 Å². The number of hydrogen-bond donors (Lipinski definition) is 1. The Morgan fingerprint density at radius 1 is 0.938 bits per heavy atom. The van der Waals surface area contributed by atoms with Crippen LogP contribution in [0, 0.1) is 0 Å². The number of benzene rings is 2. The minimum atomic E-state index is -3.69. The molecule has 0 unspecified atom stereocenters. The number of sulfonamides is 1. The summed E-state index contributed by atoms with van der Waals surface area (Å²) in [6, 6.07) is 11.8. The SMILES string of the molecule is COc1ccc(NC(=O)CN2CCCN(S(=O)(=O)c3ccccc3OC)CC2)c(OC)c1. The highest BCUT2D eigenvalue weighted by Gasteiger charge is 2.29. The summed E-state index contributed by atoms with van der Waals surface area (Å²) in [4.78, 5) is 14.7. The lowest BCUT2D eigenvalue weighted by Crippen LogP contribution is -2.38. The van der Waals surface area contributed by atoms with Gasteiger partial charge in [-0.1, -0.05) is 12.1 Å². The van der Waals surface area contributed by atoms with E-state index in [0.29, 0.717) is 55.5 Å². The zero-order valence-corrected chi connectivity index (χ0v) is 19.4. The molecule has 1 aliphatic rings. The first-order valence-corrected chi connectivity index (χ1v) is 11.7.